The van der Waals surface area contributed by atoms with Gasteiger partial charge in [-0.3, -0.25) is 4.79 Å². The molecule has 1 amide bonds. The Morgan fingerprint density at radius 3 is 2.43 bits per heavy atom. The molecule has 0 spiro atoms. The Kier molecular flexibility index (Phi) is 4.08. The Hall–Kier alpha value is -3.45. The van der Waals surface area contributed by atoms with Crippen LogP contribution in [-0.2, 0) is 0 Å². The lowest BCUT2D eigenvalue weighted by Crippen LogP contribution is -2.14. The number of hydrogen-bond donors (Lipinski definition) is 2. The van der Waals surface area contributed by atoms with E-state index < -0.39 is 5.91 Å². The Balaban J connectivity index is 2.19. The standard InChI is InChI=1S/C14H10N6O/c1-17-13-5-4-12(19-20-13)14(21)18-11-3-2-9(7-15)10(6-11)8-16/h2-6H,1H3,(H,17,20)(H,18,21). The Bertz CT molecular complexity index is 755. The fourth-order valence-corrected chi connectivity index (χ4v) is 1.59. The van der Waals surface area contributed by atoms with Crippen LogP contribution in [0.25, 0.3) is 0 Å². The molecule has 0 bridgehead atoms. The van der Waals surface area contributed by atoms with Crippen molar-refractivity contribution in [2.24, 2.45) is 0 Å². The van der Waals surface area contributed by atoms with Crippen molar-refractivity contribution in [3.63, 3.8) is 0 Å². The van der Waals surface area contributed by atoms with Gasteiger partial charge in [0.1, 0.15) is 18.0 Å². The zero-order valence-corrected chi connectivity index (χ0v) is 11.1. The molecule has 0 saturated carbocycles. The van der Waals surface area contributed by atoms with Crippen LogP contribution in [0.15, 0.2) is 30.3 Å². The lowest BCUT2D eigenvalue weighted by Gasteiger charge is -2.05. The molecule has 102 valence electrons. The minimum atomic E-state index is -0.446. The van der Waals surface area contributed by atoms with E-state index in [0.717, 1.165) is 0 Å². The molecule has 7 heteroatoms. The monoisotopic (exact) mass is 278 g/mol. The molecule has 0 radical (unpaired) electrons. The molecular formula is C14H10N6O. The third-order valence-corrected chi connectivity index (χ3v) is 2.67. The molecule has 1 aromatic carbocycles. The predicted octanol–water partition coefficient (Wildman–Crippen LogP) is 1.51. The van der Waals surface area contributed by atoms with E-state index in [1.807, 2.05) is 12.1 Å². The summed E-state index contributed by atoms with van der Waals surface area (Å²) in [5.41, 5.74) is 1.02. The number of hydrogen-bond acceptors (Lipinski definition) is 6. The number of amides is 1. The molecule has 2 N–H and O–H groups in total. The molecule has 1 aromatic heterocycles. The van der Waals surface area contributed by atoms with E-state index in [-0.39, 0.29) is 16.8 Å². The van der Waals surface area contributed by atoms with Crippen LogP contribution < -0.4 is 10.6 Å². The van der Waals surface area contributed by atoms with E-state index in [2.05, 4.69) is 20.8 Å². The summed E-state index contributed by atoms with van der Waals surface area (Å²) in [6.07, 6.45) is 0. The maximum absolute atomic E-state index is 12.0. The molecular weight excluding hydrogens is 268 g/mol. The third kappa shape index (κ3) is 3.11. The van der Waals surface area contributed by atoms with Gasteiger partial charge in [0.25, 0.3) is 5.91 Å². The van der Waals surface area contributed by atoms with E-state index in [0.29, 0.717) is 11.5 Å². The van der Waals surface area contributed by atoms with E-state index in [9.17, 15) is 4.79 Å². The first-order chi connectivity index (χ1) is 10.2. The van der Waals surface area contributed by atoms with Crippen molar-refractivity contribution in [3.8, 4) is 12.1 Å². The van der Waals surface area contributed by atoms with Gasteiger partial charge in [-0.25, -0.2) is 0 Å². The molecule has 21 heavy (non-hydrogen) atoms. The normalized spacial score (nSPS) is 9.29. The summed E-state index contributed by atoms with van der Waals surface area (Å²) < 4.78 is 0. The summed E-state index contributed by atoms with van der Waals surface area (Å²) in [5, 5.41) is 30.8. The lowest BCUT2D eigenvalue weighted by molar-refractivity contribution is 0.102. The Morgan fingerprint density at radius 2 is 1.86 bits per heavy atom. The van der Waals surface area contributed by atoms with Gasteiger partial charge in [-0.1, -0.05) is 0 Å². The smallest absolute Gasteiger partial charge is 0.276 e. The van der Waals surface area contributed by atoms with E-state index in [4.69, 9.17) is 10.5 Å². The van der Waals surface area contributed by atoms with Gasteiger partial charge in [-0.2, -0.15) is 10.5 Å². The largest absolute Gasteiger partial charge is 0.372 e. The summed E-state index contributed by atoms with van der Waals surface area (Å²) in [6.45, 7) is 0. The highest BCUT2D eigenvalue weighted by Gasteiger charge is 2.10. The van der Waals surface area contributed by atoms with E-state index in [1.54, 1.807) is 19.2 Å². The van der Waals surface area contributed by atoms with Crippen molar-refractivity contribution in [2.45, 2.75) is 0 Å². The van der Waals surface area contributed by atoms with Gasteiger partial charge in [-0.05, 0) is 30.3 Å². The zero-order chi connectivity index (χ0) is 15.2. The highest BCUT2D eigenvalue weighted by Crippen LogP contribution is 2.15. The highest BCUT2D eigenvalue weighted by atomic mass is 16.1. The molecule has 0 atom stereocenters. The summed E-state index contributed by atoms with van der Waals surface area (Å²) in [4.78, 5) is 12.0. The average molecular weight is 278 g/mol. The Morgan fingerprint density at radius 1 is 1.10 bits per heavy atom. The second kappa shape index (κ2) is 6.13. The van der Waals surface area contributed by atoms with Crippen LogP contribution in [0, 0.1) is 22.7 Å². The van der Waals surface area contributed by atoms with E-state index >= 15 is 0 Å². The number of nitriles is 2. The fourth-order valence-electron chi connectivity index (χ4n) is 1.59. The van der Waals surface area contributed by atoms with Crippen LogP contribution in [-0.4, -0.2) is 23.2 Å². The number of carbonyl (C=O) groups excluding carboxylic acids is 1. The van der Waals surface area contributed by atoms with Gasteiger partial charge in [0, 0.05) is 12.7 Å². The second-order valence-corrected chi connectivity index (χ2v) is 3.99. The number of benzene rings is 1. The summed E-state index contributed by atoms with van der Waals surface area (Å²) in [7, 11) is 1.70. The van der Waals surface area contributed by atoms with Crippen molar-refractivity contribution < 1.29 is 4.79 Å². The lowest BCUT2D eigenvalue weighted by atomic mass is 10.1. The van der Waals surface area contributed by atoms with Crippen molar-refractivity contribution in [3.05, 3.63) is 47.2 Å². The van der Waals surface area contributed by atoms with Gasteiger partial charge < -0.3 is 10.6 Å². The summed E-state index contributed by atoms with van der Waals surface area (Å²) in [6, 6.07) is 11.4. The van der Waals surface area contributed by atoms with Crippen molar-refractivity contribution in [2.75, 3.05) is 17.7 Å². The van der Waals surface area contributed by atoms with Gasteiger partial charge in [0.2, 0.25) is 0 Å². The average Bonchev–Trinajstić information content (AvgIpc) is 2.54. The molecule has 2 aromatic rings. The number of rotatable bonds is 3. The molecule has 0 saturated heterocycles. The van der Waals surface area contributed by atoms with Gasteiger partial charge >= 0.3 is 0 Å². The summed E-state index contributed by atoms with van der Waals surface area (Å²) >= 11 is 0. The molecule has 2 rings (SSSR count). The van der Waals surface area contributed by atoms with Gasteiger partial charge in [0.15, 0.2) is 5.69 Å². The van der Waals surface area contributed by atoms with Crippen LogP contribution in [0.2, 0.25) is 0 Å². The van der Waals surface area contributed by atoms with Crippen LogP contribution in [0.4, 0.5) is 11.5 Å². The molecule has 1 heterocycles. The first kappa shape index (κ1) is 14.0. The Labute approximate surface area is 120 Å². The van der Waals surface area contributed by atoms with Crippen molar-refractivity contribution in [1.82, 2.24) is 10.2 Å². The number of anilines is 2. The van der Waals surface area contributed by atoms with Gasteiger partial charge in [-0.15, -0.1) is 10.2 Å². The van der Waals surface area contributed by atoms with Crippen LogP contribution in [0.3, 0.4) is 0 Å². The quantitative estimate of drug-likeness (QED) is 0.879. The molecule has 0 aliphatic carbocycles. The molecule has 0 fully saturated rings. The molecule has 0 aliphatic rings. The number of aromatic nitrogens is 2. The van der Waals surface area contributed by atoms with Crippen LogP contribution >= 0.6 is 0 Å². The minimum absolute atomic E-state index is 0.150. The first-order valence-corrected chi connectivity index (χ1v) is 5.95. The highest BCUT2D eigenvalue weighted by molar-refractivity contribution is 6.02. The predicted molar refractivity (Wildman–Crippen MR) is 75.4 cm³/mol. The zero-order valence-electron chi connectivity index (χ0n) is 11.1. The van der Waals surface area contributed by atoms with Crippen molar-refractivity contribution >= 4 is 17.4 Å². The van der Waals surface area contributed by atoms with Crippen molar-refractivity contribution in [1.29, 1.82) is 10.5 Å². The minimum Gasteiger partial charge on any atom is -0.372 e. The maximum Gasteiger partial charge on any atom is 0.276 e. The first-order valence-electron chi connectivity index (χ1n) is 5.95. The van der Waals surface area contributed by atoms with E-state index in [1.165, 1.54) is 18.2 Å². The molecule has 7 nitrogen and oxygen atoms in total. The fraction of sp³-hybridized carbons (Fsp3) is 0.0714. The topological polar surface area (TPSA) is 114 Å². The number of nitrogens with zero attached hydrogens (tertiary/aromatic N) is 4. The third-order valence-electron chi connectivity index (χ3n) is 2.67. The number of nitrogens with one attached hydrogen (secondary N) is 2. The maximum atomic E-state index is 12.0. The van der Waals surface area contributed by atoms with Crippen LogP contribution in [0.5, 0.6) is 0 Å². The summed E-state index contributed by atoms with van der Waals surface area (Å²) in [5.74, 6) is 0.107. The second-order valence-electron chi connectivity index (χ2n) is 3.99. The number of carbonyl (C=O) groups is 1. The SMILES string of the molecule is CNc1ccc(C(=O)Nc2ccc(C#N)c(C#N)c2)nn1. The van der Waals surface area contributed by atoms with Crippen LogP contribution in [0.1, 0.15) is 21.6 Å². The molecule has 0 aliphatic heterocycles. The molecule has 0 unspecified atom stereocenters. The van der Waals surface area contributed by atoms with Gasteiger partial charge in [0.05, 0.1) is 11.1 Å².